The van der Waals surface area contributed by atoms with Crippen molar-refractivity contribution in [1.29, 1.82) is 0 Å². The number of anilines is 1. The number of benzene rings is 1. The molecule has 5 heteroatoms. The molecule has 0 aromatic heterocycles. The first kappa shape index (κ1) is 11.0. The number of nitrogens with one attached hydrogen (secondary N) is 2. The molecule has 0 aliphatic carbocycles. The van der Waals surface area contributed by atoms with Crippen molar-refractivity contribution in [2.75, 3.05) is 18.4 Å². The van der Waals surface area contributed by atoms with E-state index < -0.39 is 11.6 Å². The van der Waals surface area contributed by atoms with Crippen LogP contribution in [0.4, 0.5) is 14.5 Å². The number of rotatable bonds is 3. The Kier molecular flexibility index (Phi) is 3.14. The normalized spacial score (nSPS) is 15.6. The summed E-state index contributed by atoms with van der Waals surface area (Å²) in [6, 6.07) is 3.72. The van der Waals surface area contributed by atoms with Crippen LogP contribution in [0.15, 0.2) is 18.2 Å². The number of carbonyl (C=O) groups is 1. The van der Waals surface area contributed by atoms with E-state index in [4.69, 9.17) is 0 Å². The van der Waals surface area contributed by atoms with E-state index in [-0.39, 0.29) is 11.6 Å². The third kappa shape index (κ3) is 2.36. The van der Waals surface area contributed by atoms with Crippen molar-refractivity contribution in [3.63, 3.8) is 0 Å². The summed E-state index contributed by atoms with van der Waals surface area (Å²) in [6.45, 7) is 1.61. The highest BCUT2D eigenvalue weighted by Gasteiger charge is 2.20. The quantitative estimate of drug-likeness (QED) is 0.820. The molecule has 1 fully saturated rings. The fourth-order valence-corrected chi connectivity index (χ4v) is 1.56. The van der Waals surface area contributed by atoms with E-state index in [1.807, 2.05) is 0 Å². The fraction of sp³-hybridized carbons (Fsp3) is 0.364. The van der Waals surface area contributed by atoms with Gasteiger partial charge in [-0.1, -0.05) is 6.07 Å². The minimum absolute atomic E-state index is 0.0997. The van der Waals surface area contributed by atoms with Crippen molar-refractivity contribution in [3.05, 3.63) is 29.8 Å². The molecule has 0 atom stereocenters. The predicted octanol–water partition coefficient (Wildman–Crippen LogP) is 1.51. The van der Waals surface area contributed by atoms with Gasteiger partial charge in [-0.3, -0.25) is 4.79 Å². The van der Waals surface area contributed by atoms with E-state index in [1.165, 1.54) is 12.1 Å². The summed E-state index contributed by atoms with van der Waals surface area (Å²) >= 11 is 0. The number of halogens is 2. The number of amides is 1. The molecule has 1 aliphatic rings. The molecule has 1 saturated heterocycles. The summed E-state index contributed by atoms with van der Waals surface area (Å²) in [5, 5.41) is 5.41. The second-order valence-electron chi connectivity index (χ2n) is 3.88. The lowest BCUT2D eigenvalue weighted by atomic mass is 9.99. The summed E-state index contributed by atoms with van der Waals surface area (Å²) in [7, 11) is 0. The van der Waals surface area contributed by atoms with E-state index in [2.05, 4.69) is 10.6 Å². The van der Waals surface area contributed by atoms with Gasteiger partial charge in [0.05, 0.1) is 5.69 Å². The highest BCUT2D eigenvalue weighted by Crippen LogP contribution is 2.17. The number of carbonyl (C=O) groups excluding carboxylic acids is 1. The lowest BCUT2D eigenvalue weighted by Crippen LogP contribution is -2.43. The molecule has 1 heterocycles. The monoisotopic (exact) mass is 226 g/mol. The molecule has 0 saturated carbocycles. The summed E-state index contributed by atoms with van der Waals surface area (Å²) in [4.78, 5) is 11.5. The van der Waals surface area contributed by atoms with E-state index in [1.54, 1.807) is 0 Å². The van der Waals surface area contributed by atoms with Crippen molar-refractivity contribution >= 4 is 11.6 Å². The van der Waals surface area contributed by atoms with Crippen molar-refractivity contribution in [3.8, 4) is 0 Å². The lowest BCUT2D eigenvalue weighted by molar-refractivity contribution is -0.117. The highest BCUT2D eigenvalue weighted by molar-refractivity contribution is 5.91. The summed E-state index contributed by atoms with van der Waals surface area (Å²) in [5.41, 5.74) is -0.0997. The highest BCUT2D eigenvalue weighted by atomic mass is 19.2. The molecule has 0 unspecified atom stereocenters. The SMILES string of the molecule is O=C(CC1CNC1)Nc1cccc(F)c1F. The molecule has 3 nitrogen and oxygen atoms in total. The molecular formula is C11H12F2N2O. The van der Waals surface area contributed by atoms with Crippen LogP contribution in [0.2, 0.25) is 0 Å². The third-order valence-corrected chi connectivity index (χ3v) is 2.57. The minimum Gasteiger partial charge on any atom is -0.323 e. The van der Waals surface area contributed by atoms with Gasteiger partial charge in [-0.15, -0.1) is 0 Å². The summed E-state index contributed by atoms with van der Waals surface area (Å²) in [6.07, 6.45) is 0.336. The zero-order valence-corrected chi connectivity index (χ0v) is 8.59. The van der Waals surface area contributed by atoms with Gasteiger partial charge >= 0.3 is 0 Å². The topological polar surface area (TPSA) is 41.1 Å². The maximum absolute atomic E-state index is 13.2. The molecule has 2 N–H and O–H groups in total. The van der Waals surface area contributed by atoms with Crippen LogP contribution in [-0.4, -0.2) is 19.0 Å². The third-order valence-electron chi connectivity index (χ3n) is 2.57. The summed E-state index contributed by atoms with van der Waals surface area (Å²) in [5.74, 6) is -1.95. The predicted molar refractivity (Wildman–Crippen MR) is 56.0 cm³/mol. The van der Waals surface area contributed by atoms with Crippen LogP contribution >= 0.6 is 0 Å². The average molecular weight is 226 g/mol. The van der Waals surface area contributed by atoms with Crippen LogP contribution in [0.1, 0.15) is 6.42 Å². The van der Waals surface area contributed by atoms with E-state index in [0.717, 1.165) is 19.2 Å². The van der Waals surface area contributed by atoms with E-state index in [0.29, 0.717) is 12.3 Å². The Morgan fingerprint density at radius 3 is 2.81 bits per heavy atom. The Labute approximate surface area is 91.8 Å². The van der Waals surface area contributed by atoms with Crippen LogP contribution in [0.25, 0.3) is 0 Å². The number of hydrogen-bond donors (Lipinski definition) is 2. The molecule has 1 aromatic rings. The molecule has 0 spiro atoms. The second kappa shape index (κ2) is 4.57. The van der Waals surface area contributed by atoms with Crippen LogP contribution in [-0.2, 0) is 4.79 Å². The molecule has 1 amide bonds. The van der Waals surface area contributed by atoms with Crippen LogP contribution in [0.5, 0.6) is 0 Å². The Balaban J connectivity index is 1.97. The van der Waals surface area contributed by atoms with Gasteiger partial charge in [-0.05, 0) is 31.1 Å². The van der Waals surface area contributed by atoms with Gasteiger partial charge in [0.15, 0.2) is 11.6 Å². The zero-order valence-electron chi connectivity index (χ0n) is 8.59. The Morgan fingerprint density at radius 1 is 1.44 bits per heavy atom. The first-order valence-corrected chi connectivity index (χ1v) is 5.11. The molecule has 86 valence electrons. The first-order valence-electron chi connectivity index (χ1n) is 5.11. The van der Waals surface area contributed by atoms with E-state index in [9.17, 15) is 13.6 Å². The van der Waals surface area contributed by atoms with Gasteiger partial charge in [0.1, 0.15) is 0 Å². The van der Waals surface area contributed by atoms with Crippen LogP contribution < -0.4 is 10.6 Å². The van der Waals surface area contributed by atoms with Crippen LogP contribution in [0, 0.1) is 17.6 Å². The Morgan fingerprint density at radius 2 is 2.19 bits per heavy atom. The fourth-order valence-electron chi connectivity index (χ4n) is 1.56. The van der Waals surface area contributed by atoms with Crippen molar-refractivity contribution in [2.45, 2.75) is 6.42 Å². The van der Waals surface area contributed by atoms with Crippen LogP contribution in [0.3, 0.4) is 0 Å². The zero-order chi connectivity index (χ0) is 11.5. The number of hydrogen-bond acceptors (Lipinski definition) is 2. The van der Waals surface area contributed by atoms with Gasteiger partial charge in [0.25, 0.3) is 0 Å². The van der Waals surface area contributed by atoms with Gasteiger partial charge in [0, 0.05) is 6.42 Å². The Bertz CT molecular complexity index is 405. The molecule has 1 aliphatic heterocycles. The molecular weight excluding hydrogens is 214 g/mol. The van der Waals surface area contributed by atoms with E-state index >= 15 is 0 Å². The van der Waals surface area contributed by atoms with Gasteiger partial charge in [-0.25, -0.2) is 8.78 Å². The molecule has 0 bridgehead atoms. The standard InChI is InChI=1S/C11H12F2N2O/c12-8-2-1-3-9(11(8)13)15-10(16)4-7-5-14-6-7/h1-3,7,14H,4-6H2,(H,15,16). The van der Waals surface area contributed by atoms with Crippen molar-refractivity contribution in [1.82, 2.24) is 5.32 Å². The molecule has 1 aromatic carbocycles. The van der Waals surface area contributed by atoms with Crippen molar-refractivity contribution in [2.24, 2.45) is 5.92 Å². The maximum Gasteiger partial charge on any atom is 0.224 e. The average Bonchev–Trinajstić information content (AvgIpc) is 2.19. The first-order chi connectivity index (χ1) is 7.66. The smallest absolute Gasteiger partial charge is 0.224 e. The second-order valence-corrected chi connectivity index (χ2v) is 3.88. The van der Waals surface area contributed by atoms with Gasteiger partial charge < -0.3 is 10.6 Å². The molecule has 2 rings (SSSR count). The maximum atomic E-state index is 13.2. The largest absolute Gasteiger partial charge is 0.323 e. The van der Waals surface area contributed by atoms with Gasteiger partial charge in [0.2, 0.25) is 5.91 Å². The minimum atomic E-state index is -1.01. The lowest BCUT2D eigenvalue weighted by Gasteiger charge is -2.26. The Hall–Kier alpha value is -1.49. The molecule has 0 radical (unpaired) electrons. The van der Waals surface area contributed by atoms with Crippen molar-refractivity contribution < 1.29 is 13.6 Å². The van der Waals surface area contributed by atoms with Gasteiger partial charge in [-0.2, -0.15) is 0 Å². The summed E-state index contributed by atoms with van der Waals surface area (Å²) < 4.78 is 26.0. The molecule has 16 heavy (non-hydrogen) atoms.